The van der Waals surface area contributed by atoms with Gasteiger partial charge in [0.05, 0.1) is 0 Å². The molecule has 0 saturated heterocycles. The average molecular weight is 544 g/mol. The van der Waals surface area contributed by atoms with E-state index in [1.165, 1.54) is 20.6 Å². The second-order valence-electron chi connectivity index (χ2n) is 5.67. The number of nitrogens with one attached hydrogen (secondary N) is 1. The second kappa shape index (κ2) is 5.74. The Hall–Kier alpha value is -0.590. The number of para-hydroxylation sites is 1. The van der Waals surface area contributed by atoms with E-state index in [1.807, 2.05) is 0 Å². The minimum absolute atomic E-state index is 0.00225. The van der Waals surface area contributed by atoms with Gasteiger partial charge in [-0.3, -0.25) is 0 Å². The molecule has 3 aliphatic rings. The van der Waals surface area contributed by atoms with Gasteiger partial charge in [0.1, 0.15) is 0 Å². The van der Waals surface area contributed by atoms with Gasteiger partial charge in [0, 0.05) is 0 Å². The summed E-state index contributed by atoms with van der Waals surface area (Å²) < 4.78 is 7.82. The zero-order valence-corrected chi connectivity index (χ0v) is 17.7. The van der Waals surface area contributed by atoms with Gasteiger partial charge in [0.15, 0.2) is 0 Å². The molecule has 2 heterocycles. The van der Waals surface area contributed by atoms with Crippen LogP contribution in [0.2, 0.25) is 0 Å². The van der Waals surface area contributed by atoms with Gasteiger partial charge in [-0.25, -0.2) is 0 Å². The van der Waals surface area contributed by atoms with Crippen LogP contribution >= 0.6 is 9.39 Å². The Morgan fingerprint density at radius 3 is 2.78 bits per heavy atom. The molecule has 23 heavy (non-hydrogen) atoms. The normalized spacial score (nSPS) is 24.1. The van der Waals surface area contributed by atoms with Crippen LogP contribution in [-0.2, 0) is 0 Å². The topological polar surface area (TPSA) is 15.3 Å². The SMILES string of the molecule is PN1c2ccccc2[I-]c2c1ccc1c2[I-]C2C=CC=CC2N1. The molecule has 1 N–H and O–H groups in total. The van der Waals surface area contributed by atoms with Crippen molar-refractivity contribution < 1.29 is 42.4 Å². The second-order valence-corrected chi connectivity index (χ2v) is 12.1. The van der Waals surface area contributed by atoms with Crippen LogP contribution in [-0.4, -0.2) is 9.97 Å². The van der Waals surface area contributed by atoms with Gasteiger partial charge >= 0.3 is 160 Å². The molecule has 2 nitrogen and oxygen atoms in total. The summed E-state index contributed by atoms with van der Waals surface area (Å²) >= 11 is -0.107. The van der Waals surface area contributed by atoms with E-state index >= 15 is 0 Å². The van der Waals surface area contributed by atoms with Gasteiger partial charge in [0.25, 0.3) is 0 Å². The summed E-state index contributed by atoms with van der Waals surface area (Å²) in [5, 5.41) is 3.77. The predicted octanol–water partition coefficient (Wildman–Crippen LogP) is -2.40. The van der Waals surface area contributed by atoms with E-state index in [2.05, 4.69) is 80.1 Å². The first kappa shape index (κ1) is 14.7. The van der Waals surface area contributed by atoms with Crippen LogP contribution in [0.1, 0.15) is 0 Å². The van der Waals surface area contributed by atoms with Crippen molar-refractivity contribution in [2.75, 3.05) is 9.99 Å². The van der Waals surface area contributed by atoms with E-state index in [0.717, 1.165) is 0 Å². The molecule has 3 atom stereocenters. The number of fused-ring (bicyclic) bond motifs is 5. The van der Waals surface area contributed by atoms with Gasteiger partial charge in [0.2, 0.25) is 0 Å². The quantitative estimate of drug-likeness (QED) is 0.227. The molecule has 5 rings (SSSR count). The molecule has 0 radical (unpaired) electrons. The Kier molecular flexibility index (Phi) is 3.68. The number of hydrogen-bond acceptors (Lipinski definition) is 2. The third kappa shape index (κ3) is 2.36. The van der Waals surface area contributed by atoms with E-state index in [1.54, 1.807) is 7.14 Å². The molecule has 3 unspecified atom stereocenters. The molecule has 0 spiro atoms. The van der Waals surface area contributed by atoms with Crippen molar-refractivity contribution in [1.82, 2.24) is 0 Å². The summed E-state index contributed by atoms with van der Waals surface area (Å²) in [5.41, 5.74) is 4.14. The molecule has 0 fully saturated rings. The third-order valence-corrected chi connectivity index (χ3v) is 12.6. The minimum atomic E-state index is -0.104. The van der Waals surface area contributed by atoms with E-state index < -0.39 is 0 Å². The Bertz CT molecular complexity index is 862. The summed E-state index contributed by atoms with van der Waals surface area (Å²) in [5.74, 6) is 0. The first-order valence-corrected chi connectivity index (χ1v) is 12.5. The van der Waals surface area contributed by atoms with Crippen molar-refractivity contribution in [3.63, 3.8) is 0 Å². The molecule has 0 saturated carbocycles. The molecule has 2 aromatic rings. The number of nitrogens with zero attached hydrogens (tertiary/aromatic N) is 1. The van der Waals surface area contributed by atoms with Crippen molar-refractivity contribution >= 4 is 26.5 Å². The summed E-state index contributed by atoms with van der Waals surface area (Å²) in [4.78, 5) is 0. The zero-order chi connectivity index (χ0) is 15.4. The Balaban J connectivity index is 1.64. The van der Waals surface area contributed by atoms with E-state index in [9.17, 15) is 0 Å². The van der Waals surface area contributed by atoms with E-state index in [-0.39, 0.29) is 42.4 Å². The maximum atomic E-state index is 3.77. The van der Waals surface area contributed by atoms with Crippen molar-refractivity contribution in [2.24, 2.45) is 0 Å². The number of rotatable bonds is 0. The number of anilines is 3. The first-order valence-electron chi connectivity index (χ1n) is 7.52. The fraction of sp³-hybridized carbons (Fsp3) is 0.111. The van der Waals surface area contributed by atoms with E-state index in [4.69, 9.17) is 0 Å². The number of alkyl halides is 1. The van der Waals surface area contributed by atoms with Crippen LogP contribution in [0, 0.1) is 10.7 Å². The van der Waals surface area contributed by atoms with Crippen molar-refractivity contribution in [3.05, 3.63) is 71.4 Å². The maximum absolute atomic E-state index is 3.77. The molecule has 2 aromatic carbocycles. The first-order chi connectivity index (χ1) is 11.3. The van der Waals surface area contributed by atoms with Crippen LogP contribution in [0.25, 0.3) is 0 Å². The fourth-order valence-electron chi connectivity index (χ4n) is 3.11. The number of benzene rings is 2. The Labute approximate surface area is 159 Å². The van der Waals surface area contributed by atoms with Gasteiger partial charge in [-0.2, -0.15) is 0 Å². The molecular weight excluding hydrogens is 529 g/mol. The Morgan fingerprint density at radius 1 is 0.957 bits per heavy atom. The van der Waals surface area contributed by atoms with Crippen molar-refractivity contribution in [3.8, 4) is 0 Å². The molecular formula is C18H15I2N2P-2. The fourth-order valence-corrected chi connectivity index (χ4v) is 11.7. The van der Waals surface area contributed by atoms with Crippen molar-refractivity contribution in [2.45, 2.75) is 9.97 Å². The van der Waals surface area contributed by atoms with Gasteiger partial charge in [-0.1, -0.05) is 0 Å². The summed E-state index contributed by atoms with van der Waals surface area (Å²) in [6, 6.07) is 14.0. The van der Waals surface area contributed by atoms with Gasteiger partial charge < -0.3 is 0 Å². The third-order valence-electron chi connectivity index (χ3n) is 4.25. The van der Waals surface area contributed by atoms with Gasteiger partial charge in [-0.05, 0) is 0 Å². The molecule has 5 heteroatoms. The Morgan fingerprint density at radius 2 is 1.83 bits per heavy atom. The predicted molar refractivity (Wildman–Crippen MR) is 90.3 cm³/mol. The van der Waals surface area contributed by atoms with Crippen LogP contribution in [0.3, 0.4) is 0 Å². The summed E-state index contributed by atoms with van der Waals surface area (Å²) in [6.45, 7) is 0. The van der Waals surface area contributed by atoms with Gasteiger partial charge in [-0.15, -0.1) is 0 Å². The average Bonchev–Trinajstić information content (AvgIpc) is 2.60. The van der Waals surface area contributed by atoms with Crippen LogP contribution in [0.5, 0.6) is 0 Å². The monoisotopic (exact) mass is 544 g/mol. The number of halogens is 2. The molecule has 118 valence electrons. The zero-order valence-electron chi connectivity index (χ0n) is 12.2. The molecule has 2 aliphatic heterocycles. The molecule has 0 aromatic heterocycles. The molecule has 1 aliphatic carbocycles. The molecule has 0 bridgehead atoms. The standard InChI is InChI=1S/C18H15I2N2P/c23-22-15-8-4-2-6-12(15)20-18-16(22)10-9-14-17(18)19-11-5-1-3-7-13(11)21-14/h1-11,13,21H,23H2/q-2. The van der Waals surface area contributed by atoms with Crippen LogP contribution < -0.4 is 52.4 Å². The summed E-state index contributed by atoms with van der Waals surface area (Å²) in [6.07, 6.45) is 9.12. The van der Waals surface area contributed by atoms with Crippen LogP contribution in [0.4, 0.5) is 17.1 Å². The van der Waals surface area contributed by atoms with E-state index in [0.29, 0.717) is 9.97 Å². The number of allylic oxidation sites excluding steroid dienone is 2. The van der Waals surface area contributed by atoms with Crippen molar-refractivity contribution in [1.29, 1.82) is 0 Å². The summed E-state index contributed by atoms with van der Waals surface area (Å²) in [7, 11) is 2.92. The van der Waals surface area contributed by atoms with Crippen LogP contribution in [0.15, 0.2) is 60.7 Å². The number of hydrogen-bond donors (Lipinski definition) is 1. The molecule has 0 amide bonds.